The summed E-state index contributed by atoms with van der Waals surface area (Å²) in [5.74, 6) is 0. The monoisotopic (exact) mass is 191 g/mol. The van der Waals surface area contributed by atoms with Crippen molar-refractivity contribution in [1.82, 2.24) is 4.57 Å². The Bertz CT molecular complexity index is 414. The second-order valence-corrected chi connectivity index (χ2v) is 3.06. The maximum Gasteiger partial charge on any atom is 0.270 e. The van der Waals surface area contributed by atoms with Crippen LogP contribution in [-0.2, 0) is 7.05 Å². The second kappa shape index (κ2) is 4.47. The Morgan fingerprint density at radius 1 is 1.64 bits per heavy atom. The largest absolute Gasteiger partial charge is 0.384 e. The van der Waals surface area contributed by atoms with Gasteiger partial charge >= 0.3 is 0 Å². The van der Waals surface area contributed by atoms with Crippen LogP contribution >= 0.6 is 0 Å². The minimum absolute atomic E-state index is 0.184. The fraction of sp³-hybridized carbons (Fsp3) is 0.400. The van der Waals surface area contributed by atoms with Crippen molar-refractivity contribution in [3.8, 4) is 6.07 Å². The molecule has 14 heavy (non-hydrogen) atoms. The Kier molecular flexibility index (Phi) is 3.29. The summed E-state index contributed by atoms with van der Waals surface area (Å²) < 4.78 is 1.40. The highest BCUT2D eigenvalue weighted by Crippen LogP contribution is 2.08. The molecule has 0 aromatic carbocycles. The first-order valence-corrected chi connectivity index (χ1v) is 4.54. The molecule has 1 aromatic heterocycles. The zero-order valence-electron chi connectivity index (χ0n) is 8.37. The van der Waals surface area contributed by atoms with E-state index in [2.05, 4.69) is 5.32 Å². The predicted octanol–water partition coefficient (Wildman–Crippen LogP) is 1.08. The third kappa shape index (κ3) is 1.94. The Hall–Kier alpha value is -1.76. The van der Waals surface area contributed by atoms with Gasteiger partial charge in [0.2, 0.25) is 0 Å². The highest BCUT2D eigenvalue weighted by atomic mass is 16.1. The van der Waals surface area contributed by atoms with E-state index in [1.807, 2.05) is 13.0 Å². The van der Waals surface area contributed by atoms with E-state index in [1.165, 1.54) is 4.57 Å². The van der Waals surface area contributed by atoms with Crippen molar-refractivity contribution in [2.24, 2.45) is 7.05 Å². The predicted molar refractivity (Wildman–Crippen MR) is 55.2 cm³/mol. The quantitative estimate of drug-likeness (QED) is 0.777. The first-order chi connectivity index (χ1) is 6.70. The molecule has 1 aromatic rings. The average molecular weight is 191 g/mol. The summed E-state index contributed by atoms with van der Waals surface area (Å²) in [5.41, 5.74) is 0.550. The first kappa shape index (κ1) is 10.3. The molecule has 0 fully saturated rings. The van der Waals surface area contributed by atoms with Gasteiger partial charge in [-0.05, 0) is 12.5 Å². The molecule has 74 valence electrons. The molecular weight excluding hydrogens is 178 g/mol. The SMILES string of the molecule is CCCNc1ccn(C)c(=O)c1C#N. The van der Waals surface area contributed by atoms with Gasteiger partial charge < -0.3 is 9.88 Å². The molecule has 0 amide bonds. The third-order valence-corrected chi connectivity index (χ3v) is 1.95. The van der Waals surface area contributed by atoms with E-state index < -0.39 is 0 Å². The smallest absolute Gasteiger partial charge is 0.270 e. The van der Waals surface area contributed by atoms with Crippen LogP contribution in [0.2, 0.25) is 0 Å². The lowest BCUT2D eigenvalue weighted by Crippen LogP contribution is -2.20. The minimum atomic E-state index is -0.256. The molecule has 0 aliphatic carbocycles. The van der Waals surface area contributed by atoms with Crippen LogP contribution in [0, 0.1) is 11.3 Å². The van der Waals surface area contributed by atoms with E-state index in [-0.39, 0.29) is 11.1 Å². The summed E-state index contributed by atoms with van der Waals surface area (Å²) in [6, 6.07) is 3.66. The van der Waals surface area contributed by atoms with Crippen molar-refractivity contribution in [3.05, 3.63) is 28.2 Å². The van der Waals surface area contributed by atoms with Gasteiger partial charge in [0.1, 0.15) is 11.6 Å². The molecule has 1 rings (SSSR count). The molecule has 0 unspecified atom stereocenters. The van der Waals surface area contributed by atoms with Crippen molar-refractivity contribution in [2.45, 2.75) is 13.3 Å². The number of hydrogen-bond acceptors (Lipinski definition) is 3. The number of nitriles is 1. The van der Waals surface area contributed by atoms with Crippen LogP contribution in [0.25, 0.3) is 0 Å². The van der Waals surface area contributed by atoms with E-state index in [9.17, 15) is 4.79 Å². The minimum Gasteiger partial charge on any atom is -0.384 e. The lowest BCUT2D eigenvalue weighted by Gasteiger charge is -2.07. The molecule has 1 N–H and O–H groups in total. The van der Waals surface area contributed by atoms with Gasteiger partial charge in [0.25, 0.3) is 5.56 Å². The Labute approximate surface area is 82.8 Å². The van der Waals surface area contributed by atoms with E-state index in [4.69, 9.17) is 5.26 Å². The van der Waals surface area contributed by atoms with Gasteiger partial charge in [-0.25, -0.2) is 0 Å². The average Bonchev–Trinajstić information content (AvgIpc) is 2.20. The van der Waals surface area contributed by atoms with Crippen molar-refractivity contribution in [1.29, 1.82) is 5.26 Å². The van der Waals surface area contributed by atoms with Gasteiger partial charge in [-0.2, -0.15) is 5.26 Å². The molecule has 0 aliphatic rings. The van der Waals surface area contributed by atoms with Crippen LogP contribution in [0.1, 0.15) is 18.9 Å². The summed E-state index contributed by atoms with van der Waals surface area (Å²) in [5, 5.41) is 11.9. The lowest BCUT2D eigenvalue weighted by molar-refractivity contribution is 0.854. The standard InChI is InChI=1S/C10H13N3O/c1-3-5-12-9-4-6-13(2)10(14)8(9)7-11/h4,6,12H,3,5H2,1-2H3. The zero-order chi connectivity index (χ0) is 10.6. The molecule has 0 spiro atoms. The van der Waals surface area contributed by atoms with E-state index in [0.717, 1.165) is 13.0 Å². The van der Waals surface area contributed by atoms with Gasteiger partial charge in [0.15, 0.2) is 0 Å². The molecular formula is C10H13N3O. The number of nitrogens with zero attached hydrogens (tertiary/aromatic N) is 2. The van der Waals surface area contributed by atoms with Gasteiger partial charge in [0, 0.05) is 19.8 Å². The van der Waals surface area contributed by atoms with E-state index in [0.29, 0.717) is 5.69 Å². The fourth-order valence-corrected chi connectivity index (χ4v) is 1.14. The summed E-state index contributed by atoms with van der Waals surface area (Å²) in [6.45, 7) is 2.79. The van der Waals surface area contributed by atoms with Crippen molar-refractivity contribution in [3.63, 3.8) is 0 Å². The molecule has 0 aliphatic heterocycles. The van der Waals surface area contributed by atoms with Crippen LogP contribution in [0.4, 0.5) is 5.69 Å². The van der Waals surface area contributed by atoms with Crippen LogP contribution in [0.15, 0.2) is 17.1 Å². The fourth-order valence-electron chi connectivity index (χ4n) is 1.14. The van der Waals surface area contributed by atoms with Crippen LogP contribution < -0.4 is 10.9 Å². The highest BCUT2D eigenvalue weighted by molar-refractivity contribution is 5.55. The van der Waals surface area contributed by atoms with Crippen molar-refractivity contribution >= 4 is 5.69 Å². The third-order valence-electron chi connectivity index (χ3n) is 1.95. The molecule has 0 radical (unpaired) electrons. The molecule has 0 saturated carbocycles. The Balaban J connectivity index is 3.13. The summed E-state index contributed by atoms with van der Waals surface area (Å²) in [7, 11) is 1.63. The number of pyridine rings is 1. The molecule has 0 bridgehead atoms. The number of nitrogens with one attached hydrogen (secondary N) is 1. The second-order valence-electron chi connectivity index (χ2n) is 3.06. The van der Waals surface area contributed by atoms with Crippen LogP contribution in [0.5, 0.6) is 0 Å². The zero-order valence-corrected chi connectivity index (χ0v) is 8.37. The maximum absolute atomic E-state index is 11.5. The lowest BCUT2D eigenvalue weighted by atomic mass is 10.2. The molecule has 0 saturated heterocycles. The van der Waals surface area contributed by atoms with Gasteiger partial charge in [-0.3, -0.25) is 4.79 Å². The molecule has 0 atom stereocenters. The van der Waals surface area contributed by atoms with Crippen LogP contribution in [0.3, 0.4) is 0 Å². The number of anilines is 1. The summed E-state index contributed by atoms with van der Waals surface area (Å²) in [4.78, 5) is 11.5. The van der Waals surface area contributed by atoms with E-state index in [1.54, 1.807) is 19.3 Å². The van der Waals surface area contributed by atoms with Gasteiger partial charge in [-0.1, -0.05) is 6.92 Å². The Morgan fingerprint density at radius 2 is 2.36 bits per heavy atom. The normalized spacial score (nSPS) is 9.50. The number of rotatable bonds is 3. The van der Waals surface area contributed by atoms with Crippen LogP contribution in [-0.4, -0.2) is 11.1 Å². The summed E-state index contributed by atoms with van der Waals surface area (Å²) >= 11 is 0. The first-order valence-electron chi connectivity index (χ1n) is 4.54. The number of hydrogen-bond donors (Lipinski definition) is 1. The molecule has 4 heteroatoms. The van der Waals surface area contributed by atoms with Crippen molar-refractivity contribution < 1.29 is 0 Å². The van der Waals surface area contributed by atoms with Crippen molar-refractivity contribution in [2.75, 3.05) is 11.9 Å². The number of aromatic nitrogens is 1. The topological polar surface area (TPSA) is 57.8 Å². The summed E-state index contributed by atoms with van der Waals surface area (Å²) in [6.07, 6.45) is 2.61. The number of aryl methyl sites for hydroxylation is 1. The van der Waals surface area contributed by atoms with E-state index >= 15 is 0 Å². The Morgan fingerprint density at radius 3 is 2.93 bits per heavy atom. The van der Waals surface area contributed by atoms with Gasteiger partial charge in [-0.15, -0.1) is 0 Å². The van der Waals surface area contributed by atoms with Gasteiger partial charge in [0.05, 0.1) is 5.69 Å². The molecule has 1 heterocycles. The maximum atomic E-state index is 11.5. The molecule has 4 nitrogen and oxygen atoms in total. The highest BCUT2D eigenvalue weighted by Gasteiger charge is 2.06.